The lowest BCUT2D eigenvalue weighted by Crippen LogP contribution is -2.16. The molecule has 1 aromatic heterocycles. The summed E-state index contributed by atoms with van der Waals surface area (Å²) in [7, 11) is 0. The molecule has 0 fully saturated rings. The second kappa shape index (κ2) is 5.48. The molecule has 0 bridgehead atoms. The van der Waals surface area contributed by atoms with Gasteiger partial charge in [0.25, 0.3) is 0 Å². The Morgan fingerprint density at radius 3 is 2.75 bits per heavy atom. The van der Waals surface area contributed by atoms with Crippen molar-refractivity contribution in [1.82, 2.24) is 4.57 Å². The molecule has 1 heterocycles. The standard InChI is InChI=1S/C14H9Cl2NO2S/c15-9-5-6-12(10(16)7-9)19-8-17-11-3-1-2-4-13(11)20-14(17)18/h1-7H,8H2. The Labute approximate surface area is 128 Å². The molecule has 20 heavy (non-hydrogen) atoms. The molecule has 0 aliphatic heterocycles. The number of thiazole rings is 1. The van der Waals surface area contributed by atoms with Crippen LogP contribution in [0.15, 0.2) is 47.3 Å². The first kappa shape index (κ1) is 13.5. The minimum atomic E-state index is -0.0590. The Morgan fingerprint density at radius 1 is 1.15 bits per heavy atom. The molecule has 0 aliphatic carbocycles. The van der Waals surface area contributed by atoms with Gasteiger partial charge in [0.2, 0.25) is 0 Å². The molecule has 0 radical (unpaired) electrons. The van der Waals surface area contributed by atoms with E-state index in [1.54, 1.807) is 22.8 Å². The Bertz CT molecular complexity index is 825. The third kappa shape index (κ3) is 2.54. The zero-order valence-corrected chi connectivity index (χ0v) is 12.5. The molecule has 102 valence electrons. The van der Waals surface area contributed by atoms with Crippen LogP contribution < -0.4 is 9.61 Å². The second-order valence-corrected chi connectivity index (χ2v) is 5.95. The quantitative estimate of drug-likeness (QED) is 0.714. The maximum Gasteiger partial charge on any atom is 0.310 e. The van der Waals surface area contributed by atoms with Crippen LogP contribution in [0.5, 0.6) is 5.75 Å². The molecule has 6 heteroatoms. The highest BCUT2D eigenvalue weighted by Gasteiger charge is 2.08. The van der Waals surface area contributed by atoms with E-state index in [4.69, 9.17) is 27.9 Å². The Kier molecular flexibility index (Phi) is 3.70. The highest BCUT2D eigenvalue weighted by atomic mass is 35.5. The van der Waals surface area contributed by atoms with Crippen molar-refractivity contribution in [1.29, 1.82) is 0 Å². The fraction of sp³-hybridized carbons (Fsp3) is 0.0714. The van der Waals surface area contributed by atoms with Gasteiger partial charge in [0.05, 0.1) is 15.2 Å². The van der Waals surface area contributed by atoms with Gasteiger partial charge in [-0.3, -0.25) is 9.36 Å². The molecule has 3 rings (SSSR count). The van der Waals surface area contributed by atoms with Gasteiger partial charge in [-0.1, -0.05) is 46.7 Å². The van der Waals surface area contributed by atoms with E-state index in [0.29, 0.717) is 15.8 Å². The highest BCUT2D eigenvalue weighted by molar-refractivity contribution is 7.16. The molecule has 0 saturated carbocycles. The number of hydrogen-bond acceptors (Lipinski definition) is 3. The van der Waals surface area contributed by atoms with Gasteiger partial charge >= 0.3 is 4.87 Å². The number of ether oxygens (including phenoxy) is 1. The Hall–Kier alpha value is -1.49. The van der Waals surface area contributed by atoms with E-state index in [2.05, 4.69) is 0 Å². The predicted octanol–water partition coefficient (Wildman–Crippen LogP) is 4.41. The maximum absolute atomic E-state index is 11.9. The van der Waals surface area contributed by atoms with Crippen LogP contribution in [0.1, 0.15) is 0 Å². The molecule has 2 aromatic carbocycles. The van der Waals surface area contributed by atoms with Gasteiger partial charge in [0, 0.05) is 5.02 Å². The zero-order chi connectivity index (χ0) is 14.1. The summed E-state index contributed by atoms with van der Waals surface area (Å²) in [5.41, 5.74) is 0.854. The van der Waals surface area contributed by atoms with Crippen molar-refractivity contribution in [3.63, 3.8) is 0 Å². The van der Waals surface area contributed by atoms with Crippen molar-refractivity contribution in [2.24, 2.45) is 0 Å². The summed E-state index contributed by atoms with van der Waals surface area (Å²) in [5, 5.41) is 0.964. The average Bonchev–Trinajstić information content (AvgIpc) is 2.74. The highest BCUT2D eigenvalue weighted by Crippen LogP contribution is 2.28. The summed E-state index contributed by atoms with van der Waals surface area (Å²) < 4.78 is 8.11. The molecule has 3 nitrogen and oxygen atoms in total. The van der Waals surface area contributed by atoms with E-state index >= 15 is 0 Å². The molecule has 3 aromatic rings. The number of rotatable bonds is 3. The summed E-state index contributed by atoms with van der Waals surface area (Å²) in [6.07, 6.45) is 0. The predicted molar refractivity (Wildman–Crippen MR) is 83.2 cm³/mol. The number of aromatic nitrogens is 1. The maximum atomic E-state index is 11.9. The molecule has 0 aliphatic rings. The summed E-state index contributed by atoms with van der Waals surface area (Å²) in [6, 6.07) is 12.6. The number of hydrogen-bond donors (Lipinski definition) is 0. The smallest absolute Gasteiger partial charge is 0.310 e. The van der Waals surface area contributed by atoms with Crippen molar-refractivity contribution >= 4 is 44.8 Å². The van der Waals surface area contributed by atoms with Crippen molar-refractivity contribution in [2.75, 3.05) is 0 Å². The number of para-hydroxylation sites is 1. The molecule has 0 amide bonds. The average molecular weight is 326 g/mol. The van der Waals surface area contributed by atoms with Crippen LogP contribution in [0.2, 0.25) is 10.0 Å². The van der Waals surface area contributed by atoms with E-state index in [1.807, 2.05) is 24.3 Å². The summed E-state index contributed by atoms with van der Waals surface area (Å²) in [4.78, 5) is 11.9. The number of fused-ring (bicyclic) bond motifs is 1. The number of benzene rings is 2. The molecule has 0 saturated heterocycles. The molecule has 0 atom stereocenters. The summed E-state index contributed by atoms with van der Waals surface area (Å²) in [5.74, 6) is 0.498. The SMILES string of the molecule is O=c1sc2ccccc2n1COc1ccc(Cl)cc1Cl. The van der Waals surface area contributed by atoms with Gasteiger partial charge in [-0.15, -0.1) is 0 Å². The molecule has 0 spiro atoms. The fourth-order valence-electron chi connectivity index (χ4n) is 1.86. The lowest BCUT2D eigenvalue weighted by molar-refractivity contribution is 0.239. The van der Waals surface area contributed by atoms with Crippen LogP contribution in [0.3, 0.4) is 0 Å². The normalized spacial score (nSPS) is 10.9. The van der Waals surface area contributed by atoms with Crippen molar-refractivity contribution in [3.8, 4) is 5.75 Å². The topological polar surface area (TPSA) is 31.2 Å². The number of halogens is 2. The van der Waals surface area contributed by atoms with Crippen molar-refractivity contribution in [2.45, 2.75) is 6.73 Å². The van der Waals surface area contributed by atoms with E-state index < -0.39 is 0 Å². The number of nitrogens with zero attached hydrogens (tertiary/aromatic N) is 1. The van der Waals surface area contributed by atoms with E-state index in [9.17, 15) is 4.79 Å². The van der Waals surface area contributed by atoms with Crippen LogP contribution in [-0.4, -0.2) is 4.57 Å². The summed E-state index contributed by atoms with van der Waals surface area (Å²) in [6.45, 7) is 0.115. The largest absolute Gasteiger partial charge is 0.471 e. The third-order valence-corrected chi connectivity index (χ3v) is 4.31. The first-order chi connectivity index (χ1) is 9.65. The Morgan fingerprint density at radius 2 is 1.95 bits per heavy atom. The van der Waals surface area contributed by atoms with Crippen LogP contribution in [0, 0.1) is 0 Å². The van der Waals surface area contributed by atoms with Gasteiger partial charge < -0.3 is 4.74 Å². The van der Waals surface area contributed by atoms with E-state index in [-0.39, 0.29) is 11.6 Å². The first-order valence-corrected chi connectivity index (χ1v) is 7.38. The van der Waals surface area contributed by atoms with E-state index in [0.717, 1.165) is 10.2 Å². The zero-order valence-electron chi connectivity index (χ0n) is 10.2. The Balaban J connectivity index is 1.90. The first-order valence-electron chi connectivity index (χ1n) is 5.81. The van der Waals surface area contributed by atoms with Gasteiger partial charge in [0.1, 0.15) is 5.75 Å². The van der Waals surface area contributed by atoms with Crippen LogP contribution in [0.25, 0.3) is 10.2 Å². The van der Waals surface area contributed by atoms with E-state index in [1.165, 1.54) is 11.3 Å². The van der Waals surface area contributed by atoms with Crippen LogP contribution in [-0.2, 0) is 6.73 Å². The van der Waals surface area contributed by atoms with Crippen molar-refractivity contribution in [3.05, 3.63) is 62.2 Å². The van der Waals surface area contributed by atoms with Gasteiger partial charge in [-0.05, 0) is 30.3 Å². The van der Waals surface area contributed by atoms with Crippen molar-refractivity contribution < 1.29 is 4.74 Å². The van der Waals surface area contributed by atoms with Gasteiger partial charge in [0.15, 0.2) is 6.73 Å². The minimum absolute atomic E-state index is 0.0590. The molecular formula is C14H9Cl2NO2S. The monoisotopic (exact) mass is 325 g/mol. The fourth-order valence-corrected chi connectivity index (χ4v) is 3.20. The molecule has 0 N–H and O–H groups in total. The lowest BCUT2D eigenvalue weighted by Gasteiger charge is -2.09. The summed E-state index contributed by atoms with van der Waals surface area (Å²) >= 11 is 13.1. The minimum Gasteiger partial charge on any atom is -0.471 e. The molecular weight excluding hydrogens is 317 g/mol. The van der Waals surface area contributed by atoms with Gasteiger partial charge in [-0.25, -0.2) is 0 Å². The molecule has 0 unspecified atom stereocenters. The van der Waals surface area contributed by atoms with Crippen LogP contribution in [0.4, 0.5) is 0 Å². The van der Waals surface area contributed by atoms with Crippen LogP contribution >= 0.6 is 34.5 Å². The lowest BCUT2D eigenvalue weighted by atomic mass is 10.3. The van der Waals surface area contributed by atoms with Gasteiger partial charge in [-0.2, -0.15) is 0 Å². The third-order valence-electron chi connectivity index (χ3n) is 2.82. The second-order valence-electron chi connectivity index (χ2n) is 4.11.